The van der Waals surface area contributed by atoms with E-state index in [9.17, 15) is 0 Å². The fourth-order valence-electron chi connectivity index (χ4n) is 1.58. The van der Waals surface area contributed by atoms with Gasteiger partial charge in [0.05, 0.1) is 7.11 Å². The average molecular weight is 281 g/mol. The average Bonchev–Trinajstić information content (AvgIpc) is 2.46. The van der Waals surface area contributed by atoms with Crippen molar-refractivity contribution in [1.29, 1.82) is 0 Å². The second-order valence-electron chi connectivity index (χ2n) is 4.27. The molecule has 1 unspecified atom stereocenters. The molecule has 0 aromatic heterocycles. The van der Waals surface area contributed by atoms with Crippen LogP contribution < -0.4 is 15.4 Å². The molecule has 0 fully saturated rings. The van der Waals surface area contributed by atoms with Crippen LogP contribution in [0.2, 0.25) is 0 Å². The number of methoxy groups -OCH3 is 1. The Balaban J connectivity index is 2.39. The minimum absolute atomic E-state index is 0.542. The first-order chi connectivity index (χ1) is 9.21. The van der Waals surface area contributed by atoms with E-state index in [0.717, 1.165) is 24.0 Å². The largest absolute Gasteiger partial charge is 0.496 e. The summed E-state index contributed by atoms with van der Waals surface area (Å²) < 4.78 is 5.35. The third-order valence-electron chi connectivity index (χ3n) is 2.67. The number of aliphatic imine (C=N–C) groups is 1. The van der Waals surface area contributed by atoms with Gasteiger partial charge in [0.25, 0.3) is 0 Å². The van der Waals surface area contributed by atoms with Gasteiger partial charge in [-0.05, 0) is 18.1 Å². The predicted molar refractivity (Wildman–Crippen MR) is 83.3 cm³/mol. The highest BCUT2D eigenvalue weighted by Crippen LogP contribution is 2.29. The third-order valence-corrected chi connectivity index (χ3v) is 4.05. The van der Waals surface area contributed by atoms with E-state index in [1.165, 1.54) is 4.90 Å². The van der Waals surface area contributed by atoms with Crippen molar-refractivity contribution in [1.82, 2.24) is 10.6 Å². The van der Waals surface area contributed by atoms with Crippen LogP contribution in [0.1, 0.15) is 6.92 Å². The highest BCUT2D eigenvalue weighted by Gasteiger charge is 2.07. The Morgan fingerprint density at radius 2 is 2.16 bits per heavy atom. The summed E-state index contributed by atoms with van der Waals surface area (Å²) in [7, 11) is 5.35. The van der Waals surface area contributed by atoms with Crippen LogP contribution in [-0.2, 0) is 0 Å². The summed E-state index contributed by atoms with van der Waals surface area (Å²) in [6, 6.07) is 8.12. The number of nitrogens with zero attached hydrogens (tertiary/aromatic N) is 1. The molecule has 0 aliphatic rings. The Labute approximate surface area is 120 Å². The summed E-state index contributed by atoms with van der Waals surface area (Å²) in [6.45, 7) is 3.12. The molecular formula is C14H23N3OS. The number of para-hydroxylation sites is 1. The van der Waals surface area contributed by atoms with Gasteiger partial charge in [0.2, 0.25) is 0 Å². The first-order valence-electron chi connectivity index (χ1n) is 6.35. The molecule has 0 amide bonds. The zero-order valence-corrected chi connectivity index (χ0v) is 12.9. The summed E-state index contributed by atoms with van der Waals surface area (Å²) >= 11 is 1.82. The van der Waals surface area contributed by atoms with Crippen molar-refractivity contribution < 1.29 is 4.74 Å². The van der Waals surface area contributed by atoms with Gasteiger partial charge in [0, 0.05) is 31.3 Å². The first kappa shape index (κ1) is 15.7. The summed E-state index contributed by atoms with van der Waals surface area (Å²) in [5, 5.41) is 6.29. The van der Waals surface area contributed by atoms with Crippen LogP contribution in [0.5, 0.6) is 5.75 Å². The Morgan fingerprint density at radius 3 is 2.79 bits per heavy atom. The summed E-state index contributed by atoms with van der Waals surface area (Å²) in [5.41, 5.74) is 0. The molecule has 1 rings (SSSR count). The predicted octanol–water partition coefficient (Wildman–Crippen LogP) is 2.22. The van der Waals surface area contributed by atoms with Gasteiger partial charge in [0.1, 0.15) is 5.75 Å². The van der Waals surface area contributed by atoms with Crippen LogP contribution in [0, 0.1) is 5.92 Å². The van der Waals surface area contributed by atoms with E-state index in [-0.39, 0.29) is 0 Å². The second-order valence-corrected chi connectivity index (χ2v) is 5.33. The number of nitrogens with one attached hydrogen (secondary N) is 2. The van der Waals surface area contributed by atoms with Crippen molar-refractivity contribution in [2.75, 3.05) is 33.5 Å². The Bertz CT molecular complexity index is 409. The maximum Gasteiger partial charge on any atom is 0.190 e. The second kappa shape index (κ2) is 8.69. The topological polar surface area (TPSA) is 45.7 Å². The fourth-order valence-corrected chi connectivity index (χ4v) is 2.63. The fraction of sp³-hybridized carbons (Fsp3) is 0.500. The van der Waals surface area contributed by atoms with E-state index in [4.69, 9.17) is 4.74 Å². The molecule has 1 aromatic carbocycles. The van der Waals surface area contributed by atoms with Crippen molar-refractivity contribution >= 4 is 17.7 Å². The molecule has 0 aliphatic carbocycles. The van der Waals surface area contributed by atoms with Crippen molar-refractivity contribution in [2.24, 2.45) is 10.9 Å². The van der Waals surface area contributed by atoms with Gasteiger partial charge >= 0.3 is 0 Å². The molecular weight excluding hydrogens is 258 g/mol. The van der Waals surface area contributed by atoms with Gasteiger partial charge in [0.15, 0.2) is 5.96 Å². The zero-order valence-electron chi connectivity index (χ0n) is 12.1. The van der Waals surface area contributed by atoms with Gasteiger partial charge in [-0.1, -0.05) is 19.1 Å². The lowest BCUT2D eigenvalue weighted by Gasteiger charge is -2.15. The smallest absolute Gasteiger partial charge is 0.190 e. The maximum atomic E-state index is 5.35. The molecule has 0 spiro atoms. The lowest BCUT2D eigenvalue weighted by molar-refractivity contribution is 0.405. The van der Waals surface area contributed by atoms with Gasteiger partial charge in [-0.15, -0.1) is 11.8 Å². The highest BCUT2D eigenvalue weighted by atomic mass is 32.2. The van der Waals surface area contributed by atoms with E-state index < -0.39 is 0 Å². The van der Waals surface area contributed by atoms with Gasteiger partial charge in [-0.25, -0.2) is 0 Å². The van der Waals surface area contributed by atoms with Gasteiger partial charge in [-0.3, -0.25) is 4.99 Å². The molecule has 106 valence electrons. The van der Waals surface area contributed by atoms with Crippen LogP contribution in [0.3, 0.4) is 0 Å². The lowest BCUT2D eigenvalue weighted by atomic mass is 10.2. The van der Waals surface area contributed by atoms with Crippen molar-refractivity contribution in [3.8, 4) is 5.75 Å². The lowest BCUT2D eigenvalue weighted by Crippen LogP contribution is -2.37. The molecule has 19 heavy (non-hydrogen) atoms. The van der Waals surface area contributed by atoms with Crippen LogP contribution in [0.4, 0.5) is 0 Å². The highest BCUT2D eigenvalue weighted by molar-refractivity contribution is 7.99. The number of thioether (sulfide) groups is 1. The van der Waals surface area contributed by atoms with E-state index >= 15 is 0 Å². The van der Waals surface area contributed by atoms with Gasteiger partial charge in [-0.2, -0.15) is 0 Å². The maximum absolute atomic E-state index is 5.35. The standard InChI is InChI=1S/C14H23N3OS/c1-11(9-17-14(15-2)16-3)10-19-13-8-6-5-7-12(13)18-4/h5-8,11H,9-10H2,1-4H3,(H2,15,16,17). The molecule has 0 heterocycles. The number of ether oxygens (including phenoxy) is 1. The van der Waals surface area contributed by atoms with E-state index in [0.29, 0.717) is 5.92 Å². The van der Waals surface area contributed by atoms with Crippen molar-refractivity contribution in [3.63, 3.8) is 0 Å². The molecule has 1 aromatic rings. The number of hydrogen-bond acceptors (Lipinski definition) is 3. The number of guanidine groups is 1. The Kier molecular flexibility index (Phi) is 7.18. The summed E-state index contributed by atoms with van der Waals surface area (Å²) in [4.78, 5) is 5.28. The molecule has 1 atom stereocenters. The third kappa shape index (κ3) is 5.42. The zero-order chi connectivity index (χ0) is 14.1. The molecule has 0 radical (unpaired) electrons. The SMILES string of the molecule is CN=C(NC)NCC(C)CSc1ccccc1OC. The van der Waals surface area contributed by atoms with Crippen LogP contribution >= 0.6 is 11.8 Å². The number of rotatable bonds is 6. The molecule has 2 N–H and O–H groups in total. The molecule has 0 saturated carbocycles. The summed E-state index contributed by atoms with van der Waals surface area (Å²) in [5.74, 6) is 3.35. The Hall–Kier alpha value is -1.36. The van der Waals surface area contributed by atoms with Crippen LogP contribution in [0.15, 0.2) is 34.2 Å². The van der Waals surface area contributed by atoms with Crippen molar-refractivity contribution in [3.05, 3.63) is 24.3 Å². The minimum Gasteiger partial charge on any atom is -0.496 e. The molecule has 0 saturated heterocycles. The summed E-state index contributed by atoms with van der Waals surface area (Å²) in [6.07, 6.45) is 0. The molecule has 0 bridgehead atoms. The molecule has 5 heteroatoms. The normalized spacial score (nSPS) is 12.9. The first-order valence-corrected chi connectivity index (χ1v) is 7.34. The molecule has 0 aliphatic heterocycles. The van der Waals surface area contributed by atoms with E-state index in [1.54, 1.807) is 14.2 Å². The quantitative estimate of drug-likeness (QED) is 0.477. The van der Waals surface area contributed by atoms with Crippen LogP contribution in [0.25, 0.3) is 0 Å². The monoisotopic (exact) mass is 281 g/mol. The van der Waals surface area contributed by atoms with E-state index in [2.05, 4.69) is 28.6 Å². The Morgan fingerprint density at radius 1 is 1.42 bits per heavy atom. The van der Waals surface area contributed by atoms with Crippen molar-refractivity contribution in [2.45, 2.75) is 11.8 Å². The van der Waals surface area contributed by atoms with Gasteiger partial charge < -0.3 is 15.4 Å². The minimum atomic E-state index is 0.542. The number of benzene rings is 1. The van der Waals surface area contributed by atoms with E-state index in [1.807, 2.05) is 37.0 Å². The molecule has 4 nitrogen and oxygen atoms in total. The van der Waals surface area contributed by atoms with Crippen LogP contribution in [-0.4, -0.2) is 39.5 Å². The number of hydrogen-bond donors (Lipinski definition) is 2.